The van der Waals surface area contributed by atoms with Crippen LogP contribution in [-0.2, 0) is 9.47 Å². The fourth-order valence-corrected chi connectivity index (χ4v) is 1.75. The van der Waals surface area contributed by atoms with E-state index in [-0.39, 0.29) is 6.10 Å². The molecular formula is C12H22N2O2. The Morgan fingerprint density at radius 3 is 3.00 bits per heavy atom. The average Bonchev–Trinajstić information content (AvgIpc) is 2.30. The van der Waals surface area contributed by atoms with E-state index < -0.39 is 5.54 Å². The molecule has 1 aliphatic heterocycles. The van der Waals surface area contributed by atoms with Crippen LogP contribution in [0, 0.1) is 11.3 Å². The number of rotatable bonds is 6. The number of nitriles is 1. The molecule has 2 atom stereocenters. The van der Waals surface area contributed by atoms with Crippen molar-refractivity contribution in [1.29, 1.82) is 5.26 Å². The van der Waals surface area contributed by atoms with Crippen molar-refractivity contribution in [2.75, 3.05) is 19.8 Å². The zero-order chi connectivity index (χ0) is 11.9. The number of nitrogens with two attached hydrogens (primary N) is 1. The van der Waals surface area contributed by atoms with Gasteiger partial charge in [-0.25, -0.2) is 0 Å². The topological polar surface area (TPSA) is 68.3 Å². The molecule has 1 saturated heterocycles. The Balaban J connectivity index is 1.97. The van der Waals surface area contributed by atoms with Crippen LogP contribution in [0.4, 0.5) is 0 Å². The van der Waals surface area contributed by atoms with Crippen LogP contribution in [0.1, 0.15) is 39.0 Å². The Bertz CT molecular complexity index is 230. The zero-order valence-corrected chi connectivity index (χ0v) is 10.1. The minimum atomic E-state index is -0.718. The van der Waals surface area contributed by atoms with E-state index in [0.717, 1.165) is 19.4 Å². The molecule has 1 heterocycles. The molecule has 0 bridgehead atoms. The number of hydrogen-bond donors (Lipinski definition) is 1. The highest BCUT2D eigenvalue weighted by molar-refractivity contribution is 5.00. The van der Waals surface area contributed by atoms with Crippen LogP contribution < -0.4 is 5.73 Å². The fourth-order valence-electron chi connectivity index (χ4n) is 1.75. The average molecular weight is 226 g/mol. The van der Waals surface area contributed by atoms with E-state index in [1.807, 2.05) is 0 Å². The van der Waals surface area contributed by atoms with Gasteiger partial charge in [0, 0.05) is 13.2 Å². The summed E-state index contributed by atoms with van der Waals surface area (Å²) in [5, 5.41) is 8.72. The largest absolute Gasteiger partial charge is 0.379 e. The van der Waals surface area contributed by atoms with Crippen molar-refractivity contribution in [2.24, 2.45) is 5.73 Å². The Labute approximate surface area is 97.7 Å². The zero-order valence-electron chi connectivity index (χ0n) is 10.1. The van der Waals surface area contributed by atoms with Gasteiger partial charge in [0.2, 0.25) is 0 Å². The second kappa shape index (κ2) is 6.85. The third kappa shape index (κ3) is 5.45. The molecule has 16 heavy (non-hydrogen) atoms. The summed E-state index contributed by atoms with van der Waals surface area (Å²) >= 11 is 0. The van der Waals surface area contributed by atoms with E-state index in [1.165, 1.54) is 12.8 Å². The number of ether oxygens (including phenoxy) is 2. The summed E-state index contributed by atoms with van der Waals surface area (Å²) in [6.45, 7) is 3.95. The summed E-state index contributed by atoms with van der Waals surface area (Å²) in [5.41, 5.74) is 4.98. The molecule has 4 nitrogen and oxygen atoms in total. The summed E-state index contributed by atoms with van der Waals surface area (Å²) < 4.78 is 11.1. The van der Waals surface area contributed by atoms with Gasteiger partial charge < -0.3 is 15.2 Å². The normalized spacial score (nSPS) is 24.7. The van der Waals surface area contributed by atoms with Crippen LogP contribution in [0.5, 0.6) is 0 Å². The van der Waals surface area contributed by atoms with E-state index in [2.05, 4.69) is 6.07 Å². The molecule has 0 aromatic rings. The second-order valence-corrected chi connectivity index (χ2v) is 4.70. The van der Waals surface area contributed by atoms with Crippen LogP contribution in [0.15, 0.2) is 0 Å². The third-order valence-corrected chi connectivity index (χ3v) is 2.82. The molecular weight excluding hydrogens is 204 g/mol. The molecule has 0 aromatic carbocycles. The van der Waals surface area contributed by atoms with Gasteiger partial charge in [0.15, 0.2) is 0 Å². The van der Waals surface area contributed by atoms with Gasteiger partial charge in [0.05, 0.1) is 18.8 Å². The first-order valence-electron chi connectivity index (χ1n) is 6.03. The first-order chi connectivity index (χ1) is 7.64. The van der Waals surface area contributed by atoms with Gasteiger partial charge in [0.1, 0.15) is 5.54 Å². The highest BCUT2D eigenvalue weighted by Gasteiger charge is 2.17. The number of nitrogens with zero attached hydrogens (tertiary/aromatic N) is 1. The van der Waals surface area contributed by atoms with E-state index in [9.17, 15) is 0 Å². The lowest BCUT2D eigenvalue weighted by atomic mass is 10.00. The standard InChI is InChI=1S/C12H22N2O2/c1-12(14,10-13)6-4-7-15-9-11-5-2-3-8-16-11/h11H,2-9,14H2,1H3. The van der Waals surface area contributed by atoms with Crippen molar-refractivity contribution in [1.82, 2.24) is 0 Å². The van der Waals surface area contributed by atoms with Crippen LogP contribution in [0.25, 0.3) is 0 Å². The molecule has 1 aliphatic rings. The first-order valence-corrected chi connectivity index (χ1v) is 6.03. The van der Waals surface area contributed by atoms with Crippen LogP contribution in [0.3, 0.4) is 0 Å². The maximum atomic E-state index is 8.72. The van der Waals surface area contributed by atoms with Crippen molar-refractivity contribution >= 4 is 0 Å². The monoisotopic (exact) mass is 226 g/mol. The quantitative estimate of drug-likeness (QED) is 0.698. The molecule has 92 valence electrons. The van der Waals surface area contributed by atoms with E-state index >= 15 is 0 Å². The fraction of sp³-hybridized carbons (Fsp3) is 0.917. The summed E-state index contributed by atoms with van der Waals surface area (Å²) in [6, 6.07) is 2.08. The minimum absolute atomic E-state index is 0.272. The molecule has 0 radical (unpaired) electrons. The SMILES string of the molecule is CC(N)(C#N)CCCOCC1CCCCO1. The van der Waals surface area contributed by atoms with Gasteiger partial charge in [-0.2, -0.15) is 5.26 Å². The van der Waals surface area contributed by atoms with Crippen molar-refractivity contribution in [3.63, 3.8) is 0 Å². The molecule has 0 spiro atoms. The Hall–Kier alpha value is -0.630. The summed E-state index contributed by atoms with van der Waals surface area (Å²) in [6.07, 6.45) is 5.29. The number of hydrogen-bond acceptors (Lipinski definition) is 4. The van der Waals surface area contributed by atoms with E-state index in [4.69, 9.17) is 20.5 Å². The molecule has 2 unspecified atom stereocenters. The third-order valence-electron chi connectivity index (χ3n) is 2.82. The van der Waals surface area contributed by atoms with Gasteiger partial charge in [-0.3, -0.25) is 0 Å². The molecule has 4 heteroatoms. The highest BCUT2D eigenvalue weighted by atomic mass is 16.5. The molecule has 0 aliphatic carbocycles. The van der Waals surface area contributed by atoms with Crippen molar-refractivity contribution in [3.05, 3.63) is 0 Å². The maximum absolute atomic E-state index is 8.72. The summed E-state index contributed by atoms with van der Waals surface area (Å²) in [7, 11) is 0. The van der Waals surface area contributed by atoms with Crippen molar-refractivity contribution in [2.45, 2.75) is 50.7 Å². The Kier molecular flexibility index (Phi) is 5.75. The summed E-state index contributed by atoms with van der Waals surface area (Å²) in [5.74, 6) is 0. The molecule has 0 saturated carbocycles. The van der Waals surface area contributed by atoms with Gasteiger partial charge in [0.25, 0.3) is 0 Å². The van der Waals surface area contributed by atoms with Gasteiger partial charge in [-0.15, -0.1) is 0 Å². The van der Waals surface area contributed by atoms with E-state index in [1.54, 1.807) is 6.92 Å². The van der Waals surface area contributed by atoms with Gasteiger partial charge in [-0.05, 0) is 39.0 Å². The molecule has 0 aromatic heterocycles. The Morgan fingerprint density at radius 1 is 1.56 bits per heavy atom. The maximum Gasteiger partial charge on any atom is 0.101 e. The van der Waals surface area contributed by atoms with Crippen LogP contribution >= 0.6 is 0 Å². The predicted molar refractivity (Wildman–Crippen MR) is 61.8 cm³/mol. The Morgan fingerprint density at radius 2 is 2.38 bits per heavy atom. The first kappa shape index (κ1) is 13.4. The lowest BCUT2D eigenvalue weighted by Crippen LogP contribution is -2.34. The highest BCUT2D eigenvalue weighted by Crippen LogP contribution is 2.13. The van der Waals surface area contributed by atoms with Crippen LogP contribution in [0.2, 0.25) is 0 Å². The molecule has 2 N–H and O–H groups in total. The lowest BCUT2D eigenvalue weighted by molar-refractivity contribution is -0.0413. The predicted octanol–water partition coefficient (Wildman–Crippen LogP) is 1.59. The second-order valence-electron chi connectivity index (χ2n) is 4.70. The molecule has 1 rings (SSSR count). The van der Waals surface area contributed by atoms with Crippen molar-refractivity contribution in [3.8, 4) is 6.07 Å². The lowest BCUT2D eigenvalue weighted by Gasteiger charge is -2.22. The van der Waals surface area contributed by atoms with Gasteiger partial charge >= 0.3 is 0 Å². The van der Waals surface area contributed by atoms with E-state index in [0.29, 0.717) is 19.6 Å². The molecule has 0 amide bonds. The van der Waals surface area contributed by atoms with Crippen molar-refractivity contribution < 1.29 is 9.47 Å². The minimum Gasteiger partial charge on any atom is -0.379 e. The van der Waals surface area contributed by atoms with Gasteiger partial charge in [-0.1, -0.05) is 0 Å². The summed E-state index contributed by atoms with van der Waals surface area (Å²) in [4.78, 5) is 0. The smallest absolute Gasteiger partial charge is 0.101 e. The molecule has 1 fully saturated rings. The van der Waals surface area contributed by atoms with Crippen LogP contribution in [-0.4, -0.2) is 31.5 Å².